The van der Waals surface area contributed by atoms with Gasteiger partial charge < -0.3 is 20.1 Å². The van der Waals surface area contributed by atoms with Gasteiger partial charge in [0.05, 0.1) is 30.3 Å². The fourth-order valence-electron chi connectivity index (χ4n) is 3.89. The lowest BCUT2D eigenvalue weighted by molar-refractivity contribution is 0.196. The topological polar surface area (TPSA) is 134 Å². The van der Waals surface area contributed by atoms with E-state index in [9.17, 15) is 19.1 Å². The van der Waals surface area contributed by atoms with E-state index in [1.165, 1.54) is 25.4 Å². The Morgan fingerprint density at radius 3 is 2.62 bits per heavy atom. The van der Waals surface area contributed by atoms with Crippen molar-refractivity contribution in [3.63, 3.8) is 0 Å². The lowest BCUT2D eigenvalue weighted by Crippen LogP contribution is -2.35. The summed E-state index contributed by atoms with van der Waals surface area (Å²) in [4.78, 5) is 25.2. The maximum absolute atomic E-state index is 14.6. The van der Waals surface area contributed by atoms with Crippen LogP contribution in [0.25, 0.3) is 10.9 Å². The molecule has 0 fully saturated rings. The number of aromatic nitrogens is 1. The third-order valence-corrected chi connectivity index (χ3v) is 5.97. The van der Waals surface area contributed by atoms with Crippen LogP contribution in [0.1, 0.15) is 31.0 Å². The van der Waals surface area contributed by atoms with E-state index in [1.54, 1.807) is 22.8 Å². The SMILES string of the molecule is COc1cc2c(cc1Cc1cccc(Cl)c1F)c(=O)c(N(N=N)C(N)=O)cn2[C@H](CO)C(C)C. The average Bonchev–Trinajstić information content (AvgIpc) is 2.79. The maximum Gasteiger partial charge on any atom is 0.341 e. The number of carbonyl (C=O) groups excluding carboxylic acids is 1. The summed E-state index contributed by atoms with van der Waals surface area (Å²) in [7, 11) is 1.45. The van der Waals surface area contributed by atoms with Crippen molar-refractivity contribution in [2.45, 2.75) is 26.3 Å². The summed E-state index contributed by atoms with van der Waals surface area (Å²) in [5, 5.41) is 13.8. The number of nitrogens with zero attached hydrogens (tertiary/aromatic N) is 3. The number of aliphatic hydroxyl groups is 1. The molecule has 3 aromatic rings. The standard InChI is InChI=1S/C23H25ClFN5O4/c1-12(2)19(11-31)29-10-18(30(28-27)23(26)33)22(32)15-8-14(20(34-3)9-17(15)29)7-13-5-4-6-16(24)21(13)25/h4-6,8-10,12,19,27,31H,7,11H2,1-3H3,(H2,26,33)/t19-/m1/s1. The number of halogens is 2. The monoisotopic (exact) mass is 489 g/mol. The van der Waals surface area contributed by atoms with E-state index in [-0.39, 0.29) is 35.0 Å². The number of primary amides is 1. The number of fused-ring (bicyclic) bond motifs is 1. The number of pyridine rings is 1. The van der Waals surface area contributed by atoms with Gasteiger partial charge in [0, 0.05) is 24.1 Å². The first-order chi connectivity index (χ1) is 16.1. The second kappa shape index (κ2) is 10.2. The van der Waals surface area contributed by atoms with Crippen molar-refractivity contribution in [2.75, 3.05) is 18.7 Å². The molecule has 0 saturated carbocycles. The maximum atomic E-state index is 14.6. The van der Waals surface area contributed by atoms with Gasteiger partial charge in [0.1, 0.15) is 17.3 Å². The second-order valence-electron chi connectivity index (χ2n) is 8.07. The smallest absolute Gasteiger partial charge is 0.341 e. The predicted molar refractivity (Wildman–Crippen MR) is 127 cm³/mol. The number of urea groups is 1. The highest BCUT2D eigenvalue weighted by molar-refractivity contribution is 6.30. The minimum absolute atomic E-state index is 0.0289. The van der Waals surface area contributed by atoms with Crippen LogP contribution in [0.5, 0.6) is 5.75 Å². The van der Waals surface area contributed by atoms with Gasteiger partial charge in [0.25, 0.3) is 0 Å². The largest absolute Gasteiger partial charge is 0.496 e. The van der Waals surface area contributed by atoms with Crippen LogP contribution in [0.3, 0.4) is 0 Å². The Labute approximate surface area is 200 Å². The van der Waals surface area contributed by atoms with Gasteiger partial charge >= 0.3 is 6.03 Å². The molecule has 9 nitrogen and oxygen atoms in total. The molecule has 0 bridgehead atoms. The summed E-state index contributed by atoms with van der Waals surface area (Å²) in [5.74, 6) is -0.250. The van der Waals surface area contributed by atoms with Gasteiger partial charge in [-0.1, -0.05) is 42.8 Å². The van der Waals surface area contributed by atoms with Crippen LogP contribution in [-0.2, 0) is 6.42 Å². The number of nitrogens with one attached hydrogen (secondary N) is 1. The second-order valence-corrected chi connectivity index (χ2v) is 8.47. The summed E-state index contributed by atoms with van der Waals surface area (Å²) >= 11 is 5.92. The van der Waals surface area contributed by atoms with E-state index in [0.29, 0.717) is 27.4 Å². The zero-order valence-electron chi connectivity index (χ0n) is 18.9. The van der Waals surface area contributed by atoms with Gasteiger partial charge in [-0.25, -0.2) is 9.18 Å². The van der Waals surface area contributed by atoms with Crippen molar-refractivity contribution < 1.29 is 19.0 Å². The number of amides is 2. The van der Waals surface area contributed by atoms with Crippen molar-refractivity contribution in [3.8, 4) is 5.75 Å². The third kappa shape index (κ3) is 4.59. The number of benzene rings is 2. The molecule has 11 heteroatoms. The van der Waals surface area contributed by atoms with Crippen molar-refractivity contribution in [1.82, 2.24) is 4.57 Å². The van der Waals surface area contributed by atoms with Gasteiger partial charge in [-0.05, 0) is 29.2 Å². The highest BCUT2D eigenvalue weighted by Crippen LogP contribution is 2.32. The fourth-order valence-corrected chi connectivity index (χ4v) is 4.09. The van der Waals surface area contributed by atoms with Crippen LogP contribution in [0.4, 0.5) is 14.9 Å². The first-order valence-electron chi connectivity index (χ1n) is 10.4. The van der Waals surface area contributed by atoms with Crippen LogP contribution in [-0.4, -0.2) is 29.4 Å². The molecule has 0 aliphatic rings. The molecule has 1 aromatic heterocycles. The normalized spacial score (nSPS) is 12.1. The molecule has 0 radical (unpaired) electrons. The van der Waals surface area contributed by atoms with E-state index in [1.807, 2.05) is 13.8 Å². The van der Waals surface area contributed by atoms with Crippen LogP contribution in [0, 0.1) is 17.3 Å². The predicted octanol–water partition coefficient (Wildman–Crippen LogP) is 4.41. The molecular weight excluding hydrogens is 465 g/mol. The Bertz CT molecular complexity index is 1310. The van der Waals surface area contributed by atoms with Crippen LogP contribution in [0.2, 0.25) is 5.02 Å². The van der Waals surface area contributed by atoms with Gasteiger partial charge in [-0.3, -0.25) is 4.79 Å². The first-order valence-corrected chi connectivity index (χ1v) is 10.8. The molecule has 1 atom stereocenters. The Morgan fingerprint density at radius 1 is 1.35 bits per heavy atom. The Kier molecular flexibility index (Phi) is 7.53. The van der Waals surface area contributed by atoms with E-state index in [0.717, 1.165) is 0 Å². The summed E-state index contributed by atoms with van der Waals surface area (Å²) < 4.78 is 21.7. The highest BCUT2D eigenvalue weighted by Gasteiger charge is 2.24. The lowest BCUT2D eigenvalue weighted by Gasteiger charge is -2.26. The molecule has 0 aliphatic heterocycles. The minimum atomic E-state index is -1.11. The number of carbonyl (C=O) groups is 1. The molecule has 3 rings (SSSR count). The summed E-state index contributed by atoms with van der Waals surface area (Å²) in [6, 6.07) is 6.19. The average molecular weight is 490 g/mol. The van der Waals surface area contributed by atoms with E-state index >= 15 is 0 Å². The zero-order valence-corrected chi connectivity index (χ0v) is 19.6. The summed E-state index contributed by atoms with van der Waals surface area (Å²) in [6.07, 6.45) is 1.41. The molecule has 0 unspecified atom stereocenters. The van der Waals surface area contributed by atoms with Crippen LogP contribution < -0.4 is 20.9 Å². The van der Waals surface area contributed by atoms with Gasteiger partial charge in [0.2, 0.25) is 5.43 Å². The lowest BCUT2D eigenvalue weighted by atomic mass is 9.99. The molecule has 4 N–H and O–H groups in total. The fraction of sp³-hybridized carbons (Fsp3) is 0.304. The van der Waals surface area contributed by atoms with E-state index in [4.69, 9.17) is 27.6 Å². The third-order valence-electron chi connectivity index (χ3n) is 5.68. The van der Waals surface area contributed by atoms with Gasteiger partial charge in [-0.15, -0.1) is 0 Å². The molecule has 2 amide bonds. The number of ether oxygens (including phenoxy) is 1. The Hall–Kier alpha value is -3.50. The number of anilines is 1. The van der Waals surface area contributed by atoms with Crippen molar-refractivity contribution >= 4 is 34.2 Å². The molecule has 2 aromatic carbocycles. The minimum Gasteiger partial charge on any atom is -0.496 e. The molecule has 34 heavy (non-hydrogen) atoms. The Balaban J connectivity index is 2.37. The molecule has 0 spiro atoms. The quantitative estimate of drug-likeness (QED) is 0.319. The molecular formula is C23H25ClFN5O4. The summed E-state index contributed by atoms with van der Waals surface area (Å²) in [6.45, 7) is 3.51. The molecule has 180 valence electrons. The van der Waals surface area contributed by atoms with Gasteiger partial charge in [0.15, 0.2) is 0 Å². The molecule has 1 heterocycles. The van der Waals surface area contributed by atoms with E-state index < -0.39 is 23.3 Å². The number of nitrogens with two attached hydrogens (primary N) is 1. The number of hydrogen-bond donors (Lipinski definition) is 3. The van der Waals surface area contributed by atoms with Gasteiger partial charge in [-0.2, -0.15) is 10.5 Å². The van der Waals surface area contributed by atoms with Crippen molar-refractivity contribution in [2.24, 2.45) is 16.9 Å². The van der Waals surface area contributed by atoms with Crippen LogP contribution >= 0.6 is 11.6 Å². The Morgan fingerprint density at radius 2 is 2.06 bits per heavy atom. The highest BCUT2D eigenvalue weighted by atomic mass is 35.5. The van der Waals surface area contributed by atoms with Crippen LogP contribution in [0.15, 0.2) is 46.5 Å². The number of aliphatic hydroxyl groups excluding tert-OH is 1. The molecule has 0 aliphatic carbocycles. The number of rotatable bonds is 8. The summed E-state index contributed by atoms with van der Waals surface area (Å²) in [5.41, 5.74) is 13.0. The zero-order chi connectivity index (χ0) is 25.2. The van der Waals surface area contributed by atoms with Crippen molar-refractivity contribution in [3.05, 3.63) is 68.7 Å². The van der Waals surface area contributed by atoms with Crippen molar-refractivity contribution in [1.29, 1.82) is 5.53 Å². The number of hydrogen-bond acceptors (Lipinski definition) is 6. The number of methoxy groups -OCH3 is 1. The van der Waals surface area contributed by atoms with E-state index in [2.05, 4.69) is 5.22 Å². The molecule has 0 saturated heterocycles. The first kappa shape index (κ1) is 25.1.